The van der Waals surface area contributed by atoms with Crippen molar-refractivity contribution < 1.29 is 104 Å². The van der Waals surface area contributed by atoms with Crippen LogP contribution in [-0.2, 0) is 42.7 Å². The lowest BCUT2D eigenvalue weighted by atomic mass is 9.72. The first-order valence-electron chi connectivity index (χ1n) is 23.1. The van der Waals surface area contributed by atoms with E-state index >= 15 is 0 Å². The van der Waals surface area contributed by atoms with Gasteiger partial charge in [0.15, 0.2) is 18.9 Å². The highest BCUT2D eigenvalue weighted by Gasteiger charge is 2.55. The summed E-state index contributed by atoms with van der Waals surface area (Å²) in [5, 5.41) is 129. The molecule has 0 aromatic carbocycles. The molecule has 7 aliphatic rings. The second-order valence-electron chi connectivity index (χ2n) is 19.4. The van der Waals surface area contributed by atoms with Gasteiger partial charge < -0.3 is 104 Å². The van der Waals surface area contributed by atoms with Gasteiger partial charge in [-0.15, -0.1) is 0 Å². The molecule has 23 atom stereocenters. The summed E-state index contributed by atoms with van der Waals surface area (Å²) in [6.07, 6.45) is -21.7. The van der Waals surface area contributed by atoms with Crippen LogP contribution >= 0.6 is 0 Å². The molecule has 23 unspecified atom stereocenters. The predicted molar refractivity (Wildman–Crippen MR) is 218 cm³/mol. The van der Waals surface area contributed by atoms with Crippen molar-refractivity contribution >= 4 is 5.97 Å². The third-order valence-corrected chi connectivity index (χ3v) is 14.6. The zero-order valence-electron chi connectivity index (χ0n) is 36.8. The number of rotatable bonds is 13. The maximum Gasteiger partial charge on any atom is 0.330 e. The maximum atomic E-state index is 12.7. The number of hydrogen-bond acceptors (Lipinski definition) is 22. The highest BCUT2D eigenvalue weighted by atomic mass is 16.8. The molecule has 0 aromatic heterocycles. The van der Waals surface area contributed by atoms with Crippen molar-refractivity contribution in [3.8, 4) is 0 Å². The van der Waals surface area contributed by atoms with E-state index in [0.29, 0.717) is 12.5 Å². The van der Waals surface area contributed by atoms with Gasteiger partial charge in [-0.1, -0.05) is 6.08 Å². The Bertz CT molecular complexity index is 1540. The minimum absolute atomic E-state index is 0.0801. The summed E-state index contributed by atoms with van der Waals surface area (Å²) >= 11 is 0. The lowest BCUT2D eigenvalue weighted by Gasteiger charge is -2.51. The van der Waals surface area contributed by atoms with Crippen LogP contribution in [0.5, 0.6) is 0 Å². The molecule has 4 aliphatic heterocycles. The van der Waals surface area contributed by atoms with Gasteiger partial charge in [0.05, 0.1) is 55.9 Å². The normalized spacial score (nSPS) is 50.0. The quantitative estimate of drug-likeness (QED) is 0.0612. The smallest absolute Gasteiger partial charge is 0.330 e. The van der Waals surface area contributed by atoms with Crippen LogP contribution in [0.2, 0.25) is 0 Å². The molecule has 3 saturated carbocycles. The molecule has 22 nitrogen and oxygen atoms in total. The maximum absolute atomic E-state index is 12.7. The zero-order valence-corrected chi connectivity index (χ0v) is 36.8. The monoisotopic (exact) mass is 937 g/mol. The van der Waals surface area contributed by atoms with Gasteiger partial charge in [0.1, 0.15) is 73.8 Å². The van der Waals surface area contributed by atoms with Gasteiger partial charge in [-0.3, -0.25) is 0 Å². The molecule has 0 radical (unpaired) electrons. The SMILES string of the molecule is CN(C)C1CCC(C=CC(=O)OCC2OC(OCC3OC(OC4CC5C(O)CC(O)CC5OC4C4CCC(O)C(O)C4)C(OC4OCC(O)C(O)C4O)C(O)C3O)C(O)C(O)C2O)CC1. The molecule has 0 bridgehead atoms. The van der Waals surface area contributed by atoms with Crippen LogP contribution in [0.3, 0.4) is 0 Å². The fraction of sp³-hybridized carbons (Fsp3) is 0.930. The molecule has 7 rings (SSSR count). The molecule has 374 valence electrons. The van der Waals surface area contributed by atoms with E-state index in [1.165, 1.54) is 6.08 Å². The lowest BCUT2D eigenvalue weighted by molar-refractivity contribution is -0.376. The Balaban J connectivity index is 1.04. The van der Waals surface area contributed by atoms with Crippen molar-refractivity contribution in [1.29, 1.82) is 0 Å². The fourth-order valence-corrected chi connectivity index (χ4v) is 10.5. The number of fused-ring (bicyclic) bond motifs is 1. The summed E-state index contributed by atoms with van der Waals surface area (Å²) in [4.78, 5) is 14.8. The molecule has 0 amide bonds. The number of nitrogens with zero attached hydrogens (tertiary/aromatic N) is 1. The number of esters is 1. The molecule has 4 heterocycles. The molecule has 0 spiro atoms. The van der Waals surface area contributed by atoms with E-state index < -0.39 is 166 Å². The molecular weight excluding hydrogens is 866 g/mol. The van der Waals surface area contributed by atoms with Crippen LogP contribution < -0.4 is 0 Å². The van der Waals surface area contributed by atoms with Crippen LogP contribution in [0.4, 0.5) is 0 Å². The van der Waals surface area contributed by atoms with Gasteiger partial charge in [0.2, 0.25) is 0 Å². The van der Waals surface area contributed by atoms with Gasteiger partial charge in [-0.25, -0.2) is 4.79 Å². The standard InChI is InChI=1S/C43H71NO21/c1-44(2)20-7-3-18(4-8-20)5-10-31(50)58-16-29-33(52)35(54)38(57)41(63-29)60-17-30-34(53)36(55)40(65-42-37(56)32(51)26(49)15-59-42)43(64-30)62-28-14-22-24(47)12-21(45)13-27(22)61-39(28)19-6-9-23(46)25(48)11-19/h5,10,18-30,32-43,45-49,51-57H,3-4,6-9,11-17H2,1-2H3. The fourth-order valence-electron chi connectivity index (χ4n) is 10.5. The van der Waals surface area contributed by atoms with E-state index in [4.69, 9.17) is 37.9 Å². The molecule has 7 fully saturated rings. The Morgan fingerprint density at radius 2 is 1.29 bits per heavy atom. The minimum Gasteiger partial charge on any atom is -0.460 e. The van der Waals surface area contributed by atoms with E-state index in [9.17, 15) is 66.1 Å². The minimum atomic E-state index is -1.90. The van der Waals surface area contributed by atoms with E-state index in [0.717, 1.165) is 25.7 Å². The Labute approximate surface area is 377 Å². The van der Waals surface area contributed by atoms with Gasteiger partial charge >= 0.3 is 5.97 Å². The summed E-state index contributed by atoms with van der Waals surface area (Å²) in [5.74, 6) is -1.42. The number of aliphatic hydroxyl groups excluding tert-OH is 12. The van der Waals surface area contributed by atoms with E-state index in [1.807, 2.05) is 14.1 Å². The number of hydrogen-bond donors (Lipinski definition) is 12. The van der Waals surface area contributed by atoms with Crippen molar-refractivity contribution in [2.24, 2.45) is 17.8 Å². The highest BCUT2D eigenvalue weighted by Crippen LogP contribution is 2.44. The number of allylic oxidation sites excluding steroid dienone is 1. The molecule has 22 heteroatoms. The second-order valence-corrected chi connectivity index (χ2v) is 19.4. The third kappa shape index (κ3) is 12.1. The highest BCUT2D eigenvalue weighted by molar-refractivity contribution is 5.81. The summed E-state index contributed by atoms with van der Waals surface area (Å²) in [6.45, 7) is -1.63. The molecule has 3 aliphatic carbocycles. The molecule has 12 N–H and O–H groups in total. The van der Waals surface area contributed by atoms with Gasteiger partial charge in [0.25, 0.3) is 0 Å². The first kappa shape index (κ1) is 51.3. The third-order valence-electron chi connectivity index (χ3n) is 14.6. The van der Waals surface area contributed by atoms with Crippen LogP contribution in [0.15, 0.2) is 12.2 Å². The lowest BCUT2D eigenvalue weighted by Crippen LogP contribution is -2.65. The van der Waals surface area contributed by atoms with Gasteiger partial charge in [0, 0.05) is 18.0 Å². The molecular formula is C43H71NO21. The summed E-state index contributed by atoms with van der Waals surface area (Å²) in [6, 6.07) is 0.484. The Morgan fingerprint density at radius 1 is 0.615 bits per heavy atom. The van der Waals surface area contributed by atoms with Gasteiger partial charge in [-0.05, 0) is 90.1 Å². The topological polar surface area (TPSA) is 337 Å². The van der Waals surface area contributed by atoms with Crippen molar-refractivity contribution in [1.82, 2.24) is 4.90 Å². The molecule has 0 aromatic rings. The first-order valence-corrected chi connectivity index (χ1v) is 23.1. The molecule has 4 saturated heterocycles. The Morgan fingerprint density at radius 3 is 2.00 bits per heavy atom. The van der Waals surface area contributed by atoms with Crippen molar-refractivity contribution in [3.63, 3.8) is 0 Å². The number of carbonyl (C=O) groups excluding carboxylic acids is 1. The van der Waals surface area contributed by atoms with Crippen LogP contribution in [0.1, 0.15) is 64.2 Å². The summed E-state index contributed by atoms with van der Waals surface area (Å²) in [5.41, 5.74) is 0. The van der Waals surface area contributed by atoms with E-state index in [1.54, 1.807) is 6.08 Å². The first-order chi connectivity index (χ1) is 30.9. The predicted octanol–water partition coefficient (Wildman–Crippen LogP) is -4.50. The van der Waals surface area contributed by atoms with E-state index in [2.05, 4.69) is 4.90 Å². The van der Waals surface area contributed by atoms with Crippen molar-refractivity contribution in [2.45, 2.75) is 199 Å². The van der Waals surface area contributed by atoms with Crippen LogP contribution in [0.25, 0.3) is 0 Å². The average molecular weight is 938 g/mol. The van der Waals surface area contributed by atoms with Gasteiger partial charge in [-0.2, -0.15) is 0 Å². The largest absolute Gasteiger partial charge is 0.460 e. The summed E-state index contributed by atoms with van der Waals surface area (Å²) in [7, 11) is 4.08. The van der Waals surface area contributed by atoms with Crippen molar-refractivity contribution in [2.75, 3.05) is 33.9 Å². The number of ether oxygens (including phenoxy) is 8. The van der Waals surface area contributed by atoms with Crippen LogP contribution in [0, 0.1) is 17.8 Å². The summed E-state index contributed by atoms with van der Waals surface area (Å²) < 4.78 is 47.6. The van der Waals surface area contributed by atoms with E-state index in [-0.39, 0.29) is 38.0 Å². The zero-order chi connectivity index (χ0) is 46.9. The second kappa shape index (κ2) is 22.4. The molecule has 65 heavy (non-hydrogen) atoms. The number of carbonyl (C=O) groups is 1. The van der Waals surface area contributed by atoms with Crippen LogP contribution in [-0.4, -0.2) is 241 Å². The average Bonchev–Trinajstić information content (AvgIpc) is 3.28. The Hall–Kier alpha value is -1.59. The number of aliphatic hydroxyl groups is 12. The van der Waals surface area contributed by atoms with Crippen molar-refractivity contribution in [3.05, 3.63) is 12.2 Å². The Kier molecular flexibility index (Phi) is 17.7.